The van der Waals surface area contributed by atoms with Gasteiger partial charge in [-0.25, -0.2) is 0 Å². The third-order valence-electron chi connectivity index (χ3n) is 2.05. The van der Waals surface area contributed by atoms with E-state index in [2.05, 4.69) is 5.32 Å². The van der Waals surface area contributed by atoms with Crippen LogP contribution in [0.4, 0.5) is 0 Å². The maximum atomic E-state index is 11.2. The molecule has 4 heteroatoms. The quantitative estimate of drug-likeness (QED) is 0.694. The Morgan fingerprint density at radius 3 is 2.85 bits per heavy atom. The lowest BCUT2D eigenvalue weighted by molar-refractivity contribution is -0.122. The number of carbonyl (C=O) groups is 1. The van der Waals surface area contributed by atoms with Crippen LogP contribution in [0.5, 0.6) is 0 Å². The average Bonchev–Trinajstić information content (AvgIpc) is 2.16. The molecule has 0 aromatic carbocycles. The first kappa shape index (κ1) is 10.0. The molecule has 1 amide bonds. The molecule has 0 spiro atoms. The van der Waals surface area contributed by atoms with Crippen molar-refractivity contribution < 1.29 is 9.53 Å². The minimum absolute atomic E-state index is 0.0200. The monoisotopic (exact) mass is 182 g/mol. The van der Waals surface area contributed by atoms with E-state index in [0.29, 0.717) is 12.8 Å². The van der Waals surface area contributed by atoms with Gasteiger partial charge in [0, 0.05) is 32.1 Å². The first-order valence-corrected chi connectivity index (χ1v) is 4.57. The standard InChI is InChI=1S/C9H14N2O2/c10-5-1-2-9(12)11-8-3-6-13-7-4-8/h8H,1-4,6-7H2,(H,11,12). The van der Waals surface area contributed by atoms with Crippen LogP contribution in [0.15, 0.2) is 0 Å². The number of nitrogens with one attached hydrogen (secondary N) is 1. The van der Waals surface area contributed by atoms with Crippen LogP contribution in [0, 0.1) is 11.3 Å². The SMILES string of the molecule is N#CCCC(=O)NC1CCOCC1. The molecule has 1 N–H and O–H groups in total. The second-order valence-corrected chi connectivity index (χ2v) is 3.11. The van der Waals surface area contributed by atoms with E-state index in [0.717, 1.165) is 26.1 Å². The highest BCUT2D eigenvalue weighted by Crippen LogP contribution is 2.06. The zero-order chi connectivity index (χ0) is 9.52. The van der Waals surface area contributed by atoms with Gasteiger partial charge in [-0.1, -0.05) is 0 Å². The summed E-state index contributed by atoms with van der Waals surface area (Å²) in [6.45, 7) is 1.45. The van der Waals surface area contributed by atoms with Crippen molar-refractivity contribution in [2.24, 2.45) is 0 Å². The number of rotatable bonds is 3. The number of carbonyl (C=O) groups excluding carboxylic acids is 1. The summed E-state index contributed by atoms with van der Waals surface area (Å²) in [6, 6.07) is 2.20. The fourth-order valence-electron chi connectivity index (χ4n) is 1.31. The van der Waals surface area contributed by atoms with Crippen LogP contribution in [-0.2, 0) is 9.53 Å². The fourth-order valence-corrected chi connectivity index (χ4v) is 1.31. The van der Waals surface area contributed by atoms with Crippen molar-refractivity contribution in [1.82, 2.24) is 5.32 Å². The third kappa shape index (κ3) is 3.90. The van der Waals surface area contributed by atoms with Crippen molar-refractivity contribution in [2.75, 3.05) is 13.2 Å². The highest BCUT2D eigenvalue weighted by molar-refractivity contribution is 5.76. The Morgan fingerprint density at radius 2 is 2.23 bits per heavy atom. The molecule has 1 aliphatic rings. The number of ether oxygens (including phenoxy) is 1. The minimum Gasteiger partial charge on any atom is -0.381 e. The van der Waals surface area contributed by atoms with E-state index >= 15 is 0 Å². The molecular formula is C9H14N2O2. The van der Waals surface area contributed by atoms with Crippen molar-refractivity contribution in [3.8, 4) is 6.07 Å². The molecule has 0 saturated carbocycles. The van der Waals surface area contributed by atoms with E-state index in [1.807, 2.05) is 6.07 Å². The topological polar surface area (TPSA) is 62.1 Å². The van der Waals surface area contributed by atoms with E-state index in [-0.39, 0.29) is 11.9 Å². The van der Waals surface area contributed by atoms with Gasteiger partial charge in [-0.3, -0.25) is 4.79 Å². The molecule has 1 fully saturated rings. The van der Waals surface area contributed by atoms with Gasteiger partial charge >= 0.3 is 0 Å². The van der Waals surface area contributed by atoms with Gasteiger partial charge in [0.25, 0.3) is 0 Å². The highest BCUT2D eigenvalue weighted by atomic mass is 16.5. The average molecular weight is 182 g/mol. The Bertz CT molecular complexity index is 204. The highest BCUT2D eigenvalue weighted by Gasteiger charge is 2.15. The van der Waals surface area contributed by atoms with Gasteiger partial charge in [-0.15, -0.1) is 0 Å². The van der Waals surface area contributed by atoms with Crippen LogP contribution in [0.1, 0.15) is 25.7 Å². The second-order valence-electron chi connectivity index (χ2n) is 3.11. The normalized spacial score (nSPS) is 17.8. The summed E-state index contributed by atoms with van der Waals surface area (Å²) in [5.74, 6) is -0.0200. The lowest BCUT2D eigenvalue weighted by atomic mass is 10.1. The number of nitrogens with zero attached hydrogens (tertiary/aromatic N) is 1. The van der Waals surface area contributed by atoms with Gasteiger partial charge in [0.15, 0.2) is 0 Å². The second kappa shape index (κ2) is 5.55. The summed E-state index contributed by atoms with van der Waals surface area (Å²) >= 11 is 0. The van der Waals surface area contributed by atoms with E-state index in [1.54, 1.807) is 0 Å². The number of hydrogen-bond donors (Lipinski definition) is 1. The number of amides is 1. The van der Waals surface area contributed by atoms with Crippen LogP contribution in [0.25, 0.3) is 0 Å². The van der Waals surface area contributed by atoms with E-state index < -0.39 is 0 Å². The van der Waals surface area contributed by atoms with Crippen molar-refractivity contribution in [2.45, 2.75) is 31.7 Å². The molecule has 0 aromatic rings. The van der Waals surface area contributed by atoms with Gasteiger partial charge in [-0.05, 0) is 12.8 Å². The Hall–Kier alpha value is -1.08. The van der Waals surface area contributed by atoms with Crippen molar-refractivity contribution >= 4 is 5.91 Å². The van der Waals surface area contributed by atoms with Crippen LogP contribution in [-0.4, -0.2) is 25.2 Å². The first-order valence-electron chi connectivity index (χ1n) is 4.57. The fraction of sp³-hybridized carbons (Fsp3) is 0.778. The molecule has 0 unspecified atom stereocenters. The Kier molecular flexibility index (Phi) is 4.27. The molecule has 0 aliphatic carbocycles. The predicted molar refractivity (Wildman–Crippen MR) is 46.8 cm³/mol. The molecule has 1 saturated heterocycles. The molecular weight excluding hydrogens is 168 g/mol. The largest absolute Gasteiger partial charge is 0.381 e. The van der Waals surface area contributed by atoms with Crippen LogP contribution < -0.4 is 5.32 Å². The molecule has 1 rings (SSSR count). The summed E-state index contributed by atoms with van der Waals surface area (Å²) in [5, 5.41) is 11.2. The lowest BCUT2D eigenvalue weighted by Crippen LogP contribution is -2.38. The van der Waals surface area contributed by atoms with Gasteiger partial charge in [0.05, 0.1) is 6.07 Å². The summed E-state index contributed by atoms with van der Waals surface area (Å²) in [4.78, 5) is 11.2. The molecule has 1 aliphatic heterocycles. The van der Waals surface area contributed by atoms with Crippen molar-refractivity contribution in [1.29, 1.82) is 5.26 Å². The smallest absolute Gasteiger partial charge is 0.221 e. The maximum absolute atomic E-state index is 11.2. The molecule has 0 bridgehead atoms. The summed E-state index contributed by atoms with van der Waals surface area (Å²) in [7, 11) is 0. The van der Waals surface area contributed by atoms with Crippen molar-refractivity contribution in [3.63, 3.8) is 0 Å². The van der Waals surface area contributed by atoms with E-state index in [9.17, 15) is 4.79 Å². The summed E-state index contributed by atoms with van der Waals surface area (Å²) < 4.78 is 5.16. The first-order chi connectivity index (χ1) is 6.33. The number of hydrogen-bond acceptors (Lipinski definition) is 3. The third-order valence-corrected chi connectivity index (χ3v) is 2.05. The Labute approximate surface area is 77.9 Å². The summed E-state index contributed by atoms with van der Waals surface area (Å²) in [5.41, 5.74) is 0. The molecule has 1 heterocycles. The molecule has 4 nitrogen and oxygen atoms in total. The van der Waals surface area contributed by atoms with Crippen molar-refractivity contribution in [3.05, 3.63) is 0 Å². The predicted octanol–water partition coefficient (Wildman–Crippen LogP) is 0.585. The Morgan fingerprint density at radius 1 is 1.54 bits per heavy atom. The lowest BCUT2D eigenvalue weighted by Gasteiger charge is -2.22. The zero-order valence-corrected chi connectivity index (χ0v) is 7.58. The molecule has 0 radical (unpaired) electrons. The zero-order valence-electron chi connectivity index (χ0n) is 7.58. The van der Waals surface area contributed by atoms with Gasteiger partial charge in [0.2, 0.25) is 5.91 Å². The minimum atomic E-state index is -0.0200. The molecule has 13 heavy (non-hydrogen) atoms. The maximum Gasteiger partial charge on any atom is 0.221 e. The van der Waals surface area contributed by atoms with Gasteiger partial charge in [-0.2, -0.15) is 5.26 Å². The van der Waals surface area contributed by atoms with Crippen LogP contribution >= 0.6 is 0 Å². The van der Waals surface area contributed by atoms with Gasteiger partial charge in [0.1, 0.15) is 0 Å². The molecule has 0 aromatic heterocycles. The molecule has 0 atom stereocenters. The Balaban J connectivity index is 2.15. The van der Waals surface area contributed by atoms with E-state index in [1.165, 1.54) is 0 Å². The van der Waals surface area contributed by atoms with E-state index in [4.69, 9.17) is 10.00 Å². The molecule has 72 valence electrons. The van der Waals surface area contributed by atoms with Crippen LogP contribution in [0.3, 0.4) is 0 Å². The van der Waals surface area contributed by atoms with Crippen LogP contribution in [0.2, 0.25) is 0 Å². The summed E-state index contributed by atoms with van der Waals surface area (Å²) in [6.07, 6.45) is 2.39. The number of nitriles is 1. The van der Waals surface area contributed by atoms with Gasteiger partial charge < -0.3 is 10.1 Å².